The first-order valence-corrected chi connectivity index (χ1v) is 13.2. The van der Waals surface area contributed by atoms with Crippen molar-refractivity contribution in [3.05, 3.63) is 12.2 Å². The molecule has 0 aromatic rings. The highest BCUT2D eigenvalue weighted by molar-refractivity contribution is 5.96. The van der Waals surface area contributed by atoms with Crippen molar-refractivity contribution >= 4 is 29.4 Å². The Morgan fingerprint density at radius 1 is 1.11 bits per heavy atom. The first kappa shape index (κ1) is 26.5. The van der Waals surface area contributed by atoms with E-state index in [0.717, 1.165) is 50.0 Å². The number of carbonyl (C=O) groups excluding carboxylic acids is 4. The highest BCUT2D eigenvalue weighted by Gasteiger charge is 2.64. The van der Waals surface area contributed by atoms with Crippen LogP contribution in [0.5, 0.6) is 0 Å². The van der Waals surface area contributed by atoms with E-state index in [2.05, 4.69) is 29.1 Å². The Kier molecular flexibility index (Phi) is 7.69. The second-order valence-electron chi connectivity index (χ2n) is 11.3. The van der Waals surface area contributed by atoms with E-state index < -0.39 is 29.4 Å². The van der Waals surface area contributed by atoms with E-state index in [-0.39, 0.29) is 35.5 Å². The number of fused-ring (bicyclic) bond motifs is 5. The van der Waals surface area contributed by atoms with Crippen molar-refractivity contribution in [2.75, 3.05) is 13.6 Å². The molecule has 0 radical (unpaired) electrons. The predicted octanol–water partition coefficient (Wildman–Crippen LogP) is 3.19. The maximum atomic E-state index is 12.8. The van der Waals surface area contributed by atoms with Gasteiger partial charge in [-0.1, -0.05) is 19.0 Å². The van der Waals surface area contributed by atoms with E-state index in [0.29, 0.717) is 31.6 Å². The summed E-state index contributed by atoms with van der Waals surface area (Å²) in [7, 11) is 1.68. The topological polar surface area (TPSA) is 131 Å². The van der Waals surface area contributed by atoms with Gasteiger partial charge >= 0.3 is 17.9 Å². The SMILES string of the molecule is CNCCC(=O)OC(=O)/C=C/C(=O)OC1CCCC2/C(=N\O)C[C@@H]3[C@@H](CC[C@]4(C)C(=O)CC[C@@H]34)[C@@]12C. The van der Waals surface area contributed by atoms with E-state index >= 15 is 0 Å². The van der Waals surface area contributed by atoms with Crippen LogP contribution in [0, 0.1) is 34.5 Å². The molecule has 4 saturated carbocycles. The summed E-state index contributed by atoms with van der Waals surface area (Å²) in [5.41, 5.74) is 0.00443. The predicted molar refractivity (Wildman–Crippen MR) is 130 cm³/mol. The molecule has 0 heterocycles. The highest BCUT2D eigenvalue weighted by atomic mass is 16.6. The number of hydrogen-bond donors (Lipinski definition) is 2. The van der Waals surface area contributed by atoms with Crippen molar-refractivity contribution < 1.29 is 33.9 Å². The molecular formula is C27H38N2O7. The van der Waals surface area contributed by atoms with E-state index in [1.165, 1.54) is 0 Å². The Labute approximate surface area is 212 Å². The van der Waals surface area contributed by atoms with Crippen LogP contribution in [0.3, 0.4) is 0 Å². The Hall–Kier alpha value is -2.55. The fraction of sp³-hybridized carbons (Fsp3) is 0.741. The third kappa shape index (κ3) is 4.62. The minimum absolute atomic E-state index is 0.00416. The molecule has 2 N–H and O–H groups in total. The molecule has 7 atom stereocenters. The lowest BCUT2D eigenvalue weighted by molar-refractivity contribution is -0.172. The van der Waals surface area contributed by atoms with Crippen LogP contribution in [-0.4, -0.2) is 54.3 Å². The second kappa shape index (κ2) is 10.4. The van der Waals surface area contributed by atoms with Gasteiger partial charge in [0.05, 0.1) is 12.1 Å². The maximum Gasteiger partial charge on any atom is 0.338 e. The van der Waals surface area contributed by atoms with Gasteiger partial charge in [0.15, 0.2) is 0 Å². The van der Waals surface area contributed by atoms with Gasteiger partial charge in [0.2, 0.25) is 0 Å². The molecule has 9 heteroatoms. The zero-order valence-corrected chi connectivity index (χ0v) is 21.5. The van der Waals surface area contributed by atoms with Crippen LogP contribution in [0.15, 0.2) is 17.3 Å². The Bertz CT molecular complexity index is 975. The molecule has 0 aromatic heterocycles. The van der Waals surface area contributed by atoms with Gasteiger partial charge in [-0.3, -0.25) is 9.59 Å². The summed E-state index contributed by atoms with van der Waals surface area (Å²) < 4.78 is 10.6. The first-order chi connectivity index (χ1) is 17.1. The van der Waals surface area contributed by atoms with E-state index in [9.17, 15) is 24.4 Å². The van der Waals surface area contributed by atoms with Gasteiger partial charge in [-0.15, -0.1) is 0 Å². The van der Waals surface area contributed by atoms with Gasteiger partial charge < -0.3 is 20.0 Å². The second-order valence-corrected chi connectivity index (χ2v) is 11.3. The lowest BCUT2D eigenvalue weighted by Gasteiger charge is -2.61. The summed E-state index contributed by atoms with van der Waals surface area (Å²) in [6, 6.07) is 0. The Balaban J connectivity index is 1.51. The lowest BCUT2D eigenvalue weighted by Crippen LogP contribution is -2.61. The fourth-order valence-corrected chi connectivity index (χ4v) is 7.91. The average molecular weight is 503 g/mol. The molecule has 36 heavy (non-hydrogen) atoms. The van der Waals surface area contributed by atoms with E-state index in [1.807, 2.05) is 0 Å². The third-order valence-electron chi connectivity index (χ3n) is 9.73. The number of carbonyl (C=O) groups is 4. The van der Waals surface area contributed by atoms with Crippen molar-refractivity contribution in [1.82, 2.24) is 5.32 Å². The summed E-state index contributed by atoms with van der Waals surface area (Å²) in [5.74, 6) is -1.22. The van der Waals surface area contributed by atoms with Crippen LogP contribution in [0.4, 0.5) is 0 Å². The number of rotatable bonds is 6. The number of ether oxygens (including phenoxy) is 2. The van der Waals surface area contributed by atoms with Crippen molar-refractivity contribution in [2.45, 2.75) is 77.7 Å². The third-order valence-corrected chi connectivity index (χ3v) is 9.73. The summed E-state index contributed by atoms with van der Waals surface area (Å²) in [4.78, 5) is 49.0. The smallest absolute Gasteiger partial charge is 0.338 e. The number of nitrogens with zero attached hydrogens (tertiary/aromatic N) is 1. The zero-order valence-electron chi connectivity index (χ0n) is 21.5. The fourth-order valence-electron chi connectivity index (χ4n) is 7.91. The zero-order chi connectivity index (χ0) is 26.1. The van der Waals surface area contributed by atoms with Crippen LogP contribution in [0.25, 0.3) is 0 Å². The molecule has 198 valence electrons. The minimum atomic E-state index is -0.911. The molecule has 4 aliphatic carbocycles. The number of esters is 3. The molecular weight excluding hydrogens is 464 g/mol. The molecule has 0 aromatic carbocycles. The van der Waals surface area contributed by atoms with Gasteiger partial charge in [0.25, 0.3) is 0 Å². The van der Waals surface area contributed by atoms with E-state index in [1.54, 1.807) is 7.05 Å². The van der Waals surface area contributed by atoms with Crippen LogP contribution in [-0.2, 0) is 28.7 Å². The molecule has 0 spiro atoms. The molecule has 0 bridgehead atoms. The number of Topliss-reactive ketones (excluding diaryl/α,β-unsaturated/α-hetero) is 1. The quantitative estimate of drug-likeness (QED) is 0.186. The van der Waals surface area contributed by atoms with Gasteiger partial charge in [-0.05, 0) is 69.7 Å². The van der Waals surface area contributed by atoms with Gasteiger partial charge in [-0.2, -0.15) is 0 Å². The standard InChI is InChI=1S/C27H38N2O7/c1-26-13-11-18-16(17(26)7-8-21(26)30)15-20(29-34)19-5-4-6-22(27(18,19)2)35-23(31)9-10-24(32)36-25(33)12-14-28-3/h9-10,16-19,22,28,34H,4-8,11-15H2,1-3H3/b10-9+,29-20-/t16-,17-,18+,19?,22?,26-,27+/m0/s1. The summed E-state index contributed by atoms with van der Waals surface area (Å²) in [6.45, 7) is 4.63. The molecule has 4 fully saturated rings. The highest BCUT2D eigenvalue weighted by Crippen LogP contribution is 2.65. The molecule has 9 nitrogen and oxygen atoms in total. The van der Waals surface area contributed by atoms with Crippen molar-refractivity contribution in [3.8, 4) is 0 Å². The van der Waals surface area contributed by atoms with Crippen molar-refractivity contribution in [1.29, 1.82) is 0 Å². The molecule has 4 aliphatic rings. The Morgan fingerprint density at radius 3 is 2.58 bits per heavy atom. The lowest BCUT2D eigenvalue weighted by atomic mass is 9.44. The number of ketones is 1. The van der Waals surface area contributed by atoms with Crippen molar-refractivity contribution in [2.24, 2.45) is 39.7 Å². The van der Waals surface area contributed by atoms with Gasteiger partial charge in [0.1, 0.15) is 11.9 Å². The number of oxime groups is 1. The van der Waals surface area contributed by atoms with Gasteiger partial charge in [0, 0.05) is 41.9 Å². The van der Waals surface area contributed by atoms with Crippen LogP contribution < -0.4 is 5.32 Å². The molecule has 0 saturated heterocycles. The van der Waals surface area contributed by atoms with Crippen LogP contribution >= 0.6 is 0 Å². The molecule has 0 amide bonds. The van der Waals surface area contributed by atoms with Crippen LogP contribution in [0.2, 0.25) is 0 Å². The largest absolute Gasteiger partial charge is 0.459 e. The maximum absolute atomic E-state index is 12.8. The number of hydrogen-bond acceptors (Lipinski definition) is 9. The van der Waals surface area contributed by atoms with Gasteiger partial charge in [-0.25, -0.2) is 9.59 Å². The van der Waals surface area contributed by atoms with Crippen LogP contribution in [0.1, 0.15) is 71.6 Å². The molecule has 0 aliphatic heterocycles. The average Bonchev–Trinajstić information content (AvgIpc) is 3.16. The van der Waals surface area contributed by atoms with Crippen molar-refractivity contribution in [3.63, 3.8) is 0 Å². The Morgan fingerprint density at radius 2 is 1.86 bits per heavy atom. The summed E-state index contributed by atoms with van der Waals surface area (Å²) >= 11 is 0. The van der Waals surface area contributed by atoms with E-state index in [4.69, 9.17) is 4.74 Å². The first-order valence-electron chi connectivity index (χ1n) is 13.2. The number of nitrogens with one attached hydrogen (secondary N) is 1. The molecule has 4 rings (SSSR count). The molecule has 2 unspecified atom stereocenters. The monoisotopic (exact) mass is 502 g/mol. The summed E-state index contributed by atoms with van der Waals surface area (Å²) in [6.07, 6.45) is 7.80. The summed E-state index contributed by atoms with van der Waals surface area (Å²) in [5, 5.41) is 16.5. The minimum Gasteiger partial charge on any atom is -0.459 e. The normalized spacial score (nSPS) is 38.8.